The fourth-order valence-electron chi connectivity index (χ4n) is 2.23. The lowest BCUT2D eigenvalue weighted by atomic mass is 10.2. The molecule has 0 aliphatic carbocycles. The fraction of sp³-hybridized carbons (Fsp3) is 0.389. The van der Waals surface area contributed by atoms with Crippen LogP contribution < -0.4 is 20.9 Å². The molecule has 1 amide bonds. The number of anilines is 3. The van der Waals surface area contributed by atoms with Crippen molar-refractivity contribution in [1.29, 1.82) is 0 Å². The first-order valence-corrected chi connectivity index (χ1v) is 8.80. The molecule has 2 aromatic rings. The number of amides is 1. The Morgan fingerprint density at radius 2 is 2.00 bits per heavy atom. The van der Waals surface area contributed by atoms with Crippen molar-refractivity contribution in [3.05, 3.63) is 36.3 Å². The molecule has 0 bridgehead atoms. The molecule has 0 aliphatic rings. The molecular weight excluding hydrogens is 369 g/mol. The molecule has 0 atom stereocenters. The predicted octanol–water partition coefficient (Wildman–Crippen LogP) is 2.47. The highest BCUT2D eigenvalue weighted by Crippen LogP contribution is 2.20. The van der Waals surface area contributed by atoms with Gasteiger partial charge in [-0.1, -0.05) is 0 Å². The second kappa shape index (κ2) is 11.7. The Kier molecular flexibility index (Phi) is 8.89. The number of hydrogen-bond acceptors (Lipinski definition) is 8. The first kappa shape index (κ1) is 21.3. The minimum Gasteiger partial charge on any atom is -0.491 e. The maximum Gasteiger partial charge on any atom is 0.243 e. The molecule has 1 aromatic heterocycles. The van der Waals surface area contributed by atoms with Crippen molar-refractivity contribution in [3.63, 3.8) is 0 Å². The number of methoxy groups -OCH3 is 1. The average molecular weight is 393 g/mol. The van der Waals surface area contributed by atoms with E-state index in [-0.39, 0.29) is 18.2 Å². The van der Waals surface area contributed by atoms with Crippen LogP contribution in [-0.4, -0.2) is 48.0 Å². The van der Waals surface area contributed by atoms with E-state index in [0.29, 0.717) is 38.3 Å². The van der Waals surface area contributed by atoms with Crippen molar-refractivity contribution < 1.29 is 23.9 Å². The zero-order valence-corrected chi connectivity index (χ0v) is 15.6. The Morgan fingerprint density at radius 3 is 2.71 bits per heavy atom. The molecule has 0 aliphatic heterocycles. The summed E-state index contributed by atoms with van der Waals surface area (Å²) in [4.78, 5) is 19.0. The summed E-state index contributed by atoms with van der Waals surface area (Å²) in [6, 6.07) is 7.19. The molecule has 0 radical (unpaired) electrons. The van der Waals surface area contributed by atoms with Crippen LogP contribution >= 0.6 is 0 Å². The first-order valence-electron chi connectivity index (χ1n) is 8.80. The van der Waals surface area contributed by atoms with Crippen LogP contribution in [0.15, 0.2) is 30.5 Å². The van der Waals surface area contributed by atoms with E-state index in [1.165, 1.54) is 0 Å². The molecule has 10 heteroatoms. The van der Waals surface area contributed by atoms with Gasteiger partial charge >= 0.3 is 0 Å². The summed E-state index contributed by atoms with van der Waals surface area (Å²) in [7, 11) is 1.61. The number of carbonyl (C=O) groups is 1. The van der Waals surface area contributed by atoms with Crippen molar-refractivity contribution in [3.8, 4) is 5.75 Å². The summed E-state index contributed by atoms with van der Waals surface area (Å²) < 4.78 is 24.3. The zero-order valence-electron chi connectivity index (χ0n) is 15.6. The highest BCUT2D eigenvalue weighted by molar-refractivity contribution is 5.74. The third kappa shape index (κ3) is 7.33. The maximum atomic E-state index is 13.9. The maximum absolute atomic E-state index is 13.9. The lowest BCUT2D eigenvalue weighted by Crippen LogP contribution is -2.18. The van der Waals surface area contributed by atoms with Crippen LogP contribution in [0.25, 0.3) is 0 Å². The van der Waals surface area contributed by atoms with Gasteiger partial charge in [0.2, 0.25) is 11.9 Å². The number of aromatic nitrogens is 2. The van der Waals surface area contributed by atoms with E-state index in [1.54, 1.807) is 36.9 Å². The van der Waals surface area contributed by atoms with E-state index in [0.717, 1.165) is 11.9 Å². The Hall–Kier alpha value is -2.98. The van der Waals surface area contributed by atoms with Gasteiger partial charge in [0.15, 0.2) is 11.6 Å². The number of hydroxylamine groups is 1. The Labute approximate surface area is 162 Å². The molecule has 28 heavy (non-hydrogen) atoms. The predicted molar refractivity (Wildman–Crippen MR) is 101 cm³/mol. The Morgan fingerprint density at radius 1 is 1.21 bits per heavy atom. The topological polar surface area (TPSA) is 118 Å². The largest absolute Gasteiger partial charge is 0.491 e. The standard InChI is InChI=1S/C18H24FN5O4/c1-27-10-11-28-14-7-5-13(6-8-14)22-18-21-12-15(19)17(23-18)20-9-3-2-4-16(25)24-26/h5-8,12,26H,2-4,9-11H2,1H3,(H,24,25)(H2,20,21,22,23). The van der Waals surface area contributed by atoms with Crippen LogP contribution in [0.3, 0.4) is 0 Å². The Balaban J connectivity index is 1.85. The summed E-state index contributed by atoms with van der Waals surface area (Å²) in [6.45, 7) is 1.40. The van der Waals surface area contributed by atoms with Crippen molar-refractivity contribution in [2.45, 2.75) is 19.3 Å². The van der Waals surface area contributed by atoms with Crippen LogP contribution in [0.2, 0.25) is 0 Å². The number of hydrogen-bond donors (Lipinski definition) is 4. The molecule has 0 fully saturated rings. The van der Waals surface area contributed by atoms with Gasteiger partial charge in [0.05, 0.1) is 12.8 Å². The number of rotatable bonds is 12. The first-order chi connectivity index (χ1) is 13.6. The minimum atomic E-state index is -0.569. The molecular formula is C18H24FN5O4. The number of carbonyl (C=O) groups excluding carboxylic acids is 1. The van der Waals surface area contributed by atoms with Crippen molar-refractivity contribution in [1.82, 2.24) is 15.4 Å². The van der Waals surface area contributed by atoms with E-state index in [2.05, 4.69) is 20.6 Å². The summed E-state index contributed by atoms with van der Waals surface area (Å²) in [6.07, 6.45) is 2.45. The van der Waals surface area contributed by atoms with Crippen molar-refractivity contribution >= 4 is 23.4 Å². The second-order valence-corrected chi connectivity index (χ2v) is 5.80. The summed E-state index contributed by atoms with van der Waals surface area (Å²) in [5.74, 6) is 0.00968. The zero-order chi connectivity index (χ0) is 20.2. The third-order valence-corrected chi connectivity index (χ3v) is 3.66. The molecule has 1 aromatic carbocycles. The number of nitrogens with one attached hydrogen (secondary N) is 3. The average Bonchev–Trinajstić information content (AvgIpc) is 2.71. The van der Waals surface area contributed by atoms with Crippen LogP contribution in [0.5, 0.6) is 5.75 Å². The van der Waals surface area contributed by atoms with Gasteiger partial charge in [-0.05, 0) is 37.1 Å². The van der Waals surface area contributed by atoms with Gasteiger partial charge in [0.25, 0.3) is 0 Å². The molecule has 0 spiro atoms. The number of halogens is 1. The number of nitrogens with zero attached hydrogens (tertiary/aromatic N) is 2. The summed E-state index contributed by atoms with van der Waals surface area (Å²) in [5, 5.41) is 14.3. The normalized spacial score (nSPS) is 10.4. The Bertz CT molecular complexity index is 745. The summed E-state index contributed by atoms with van der Waals surface area (Å²) in [5.41, 5.74) is 2.30. The van der Waals surface area contributed by atoms with E-state index < -0.39 is 11.7 Å². The molecule has 2 rings (SSSR count). The van der Waals surface area contributed by atoms with E-state index in [9.17, 15) is 9.18 Å². The van der Waals surface area contributed by atoms with Gasteiger partial charge in [-0.3, -0.25) is 10.0 Å². The minimum absolute atomic E-state index is 0.0728. The van der Waals surface area contributed by atoms with Gasteiger partial charge < -0.3 is 20.1 Å². The molecule has 1 heterocycles. The van der Waals surface area contributed by atoms with Crippen LogP contribution in [0.4, 0.5) is 21.8 Å². The molecule has 9 nitrogen and oxygen atoms in total. The van der Waals surface area contributed by atoms with Crippen molar-refractivity contribution in [2.24, 2.45) is 0 Å². The van der Waals surface area contributed by atoms with Crippen molar-refractivity contribution in [2.75, 3.05) is 37.5 Å². The van der Waals surface area contributed by atoms with Gasteiger partial charge in [-0.2, -0.15) is 4.98 Å². The third-order valence-electron chi connectivity index (χ3n) is 3.66. The number of benzene rings is 1. The quantitative estimate of drug-likeness (QED) is 0.247. The molecule has 0 unspecified atom stereocenters. The van der Waals surface area contributed by atoms with E-state index >= 15 is 0 Å². The summed E-state index contributed by atoms with van der Waals surface area (Å²) >= 11 is 0. The number of unbranched alkanes of at least 4 members (excludes halogenated alkanes) is 1. The number of ether oxygens (including phenoxy) is 2. The smallest absolute Gasteiger partial charge is 0.243 e. The highest BCUT2D eigenvalue weighted by Gasteiger charge is 2.07. The fourth-order valence-corrected chi connectivity index (χ4v) is 2.23. The SMILES string of the molecule is COCCOc1ccc(Nc2ncc(F)c(NCCCCC(=O)NO)n2)cc1. The van der Waals surface area contributed by atoms with E-state index in [4.69, 9.17) is 14.7 Å². The highest BCUT2D eigenvalue weighted by atomic mass is 19.1. The monoisotopic (exact) mass is 393 g/mol. The second-order valence-electron chi connectivity index (χ2n) is 5.80. The van der Waals surface area contributed by atoms with Crippen LogP contribution in [0.1, 0.15) is 19.3 Å². The van der Waals surface area contributed by atoms with Gasteiger partial charge in [-0.25, -0.2) is 14.9 Å². The molecule has 152 valence electrons. The van der Waals surface area contributed by atoms with E-state index in [1.807, 2.05) is 0 Å². The van der Waals surface area contributed by atoms with Gasteiger partial charge in [0.1, 0.15) is 12.4 Å². The van der Waals surface area contributed by atoms with Crippen LogP contribution in [0, 0.1) is 5.82 Å². The molecule has 0 saturated carbocycles. The lowest BCUT2D eigenvalue weighted by molar-refractivity contribution is -0.129. The molecule has 4 N–H and O–H groups in total. The molecule has 0 saturated heterocycles. The van der Waals surface area contributed by atoms with Gasteiger partial charge in [-0.15, -0.1) is 0 Å². The van der Waals surface area contributed by atoms with Gasteiger partial charge in [0, 0.05) is 25.8 Å². The van der Waals surface area contributed by atoms with Crippen LogP contribution in [-0.2, 0) is 9.53 Å². The lowest BCUT2D eigenvalue weighted by Gasteiger charge is -2.10.